The van der Waals surface area contributed by atoms with Crippen molar-refractivity contribution >= 4 is 29.2 Å². The topological polar surface area (TPSA) is 78.4 Å². The van der Waals surface area contributed by atoms with Crippen LogP contribution in [0.5, 0.6) is 0 Å². The molecule has 2 amide bonds. The summed E-state index contributed by atoms with van der Waals surface area (Å²) in [5.74, 6) is 1.40. The number of hydrogen-bond acceptors (Lipinski definition) is 5. The molecule has 0 bridgehead atoms. The first-order valence-electron chi connectivity index (χ1n) is 10.2. The number of carbonyl (C=O) groups excluding carboxylic acids is 2. The van der Waals surface area contributed by atoms with Crippen molar-refractivity contribution in [2.75, 3.05) is 26.0 Å². The third-order valence-corrected chi connectivity index (χ3v) is 5.63. The van der Waals surface area contributed by atoms with Gasteiger partial charge in [0.2, 0.25) is 11.8 Å². The summed E-state index contributed by atoms with van der Waals surface area (Å²) in [7, 11) is 3.58. The Kier molecular flexibility index (Phi) is 7.26. The van der Waals surface area contributed by atoms with E-state index in [2.05, 4.69) is 10.3 Å². The van der Waals surface area contributed by atoms with Crippen molar-refractivity contribution in [2.45, 2.75) is 45.2 Å². The Balaban J connectivity index is 1.68. The van der Waals surface area contributed by atoms with Gasteiger partial charge in [-0.1, -0.05) is 23.7 Å². The maximum Gasteiger partial charge on any atom is 0.222 e. The highest BCUT2D eigenvalue weighted by Gasteiger charge is 2.30. The molecule has 2 heterocycles. The predicted molar refractivity (Wildman–Crippen MR) is 117 cm³/mol. The molecular formula is C22H28ClN5O2. The normalized spacial score (nSPS) is 15.9. The van der Waals surface area contributed by atoms with Gasteiger partial charge in [-0.25, -0.2) is 9.97 Å². The zero-order valence-electron chi connectivity index (χ0n) is 17.7. The Morgan fingerprint density at radius 2 is 2.00 bits per heavy atom. The number of rotatable bonds is 7. The van der Waals surface area contributed by atoms with Crippen LogP contribution in [0.15, 0.2) is 30.3 Å². The van der Waals surface area contributed by atoms with Gasteiger partial charge in [-0.15, -0.1) is 0 Å². The molecule has 1 fully saturated rings. The molecule has 1 aromatic carbocycles. The lowest BCUT2D eigenvalue weighted by Gasteiger charge is -2.23. The Bertz CT molecular complexity index is 903. The number of amides is 2. The first-order valence-corrected chi connectivity index (χ1v) is 10.6. The molecule has 0 radical (unpaired) electrons. The molecule has 160 valence electrons. The number of likely N-dealkylation sites (tertiary alicyclic amines) is 1. The van der Waals surface area contributed by atoms with Gasteiger partial charge < -0.3 is 15.1 Å². The van der Waals surface area contributed by atoms with Crippen LogP contribution in [0.4, 0.5) is 5.82 Å². The van der Waals surface area contributed by atoms with Gasteiger partial charge in [0.1, 0.15) is 5.82 Å². The monoisotopic (exact) mass is 429 g/mol. The SMILES string of the molecule is CNc1cc(CN(C)C(=O)CCc2ccc(Cl)cc2)nc(C2CCCN2C(C)=O)n1. The van der Waals surface area contributed by atoms with Crippen LogP contribution in [0, 0.1) is 0 Å². The average Bonchev–Trinajstić information content (AvgIpc) is 3.23. The van der Waals surface area contributed by atoms with Crippen molar-refractivity contribution in [3.63, 3.8) is 0 Å². The van der Waals surface area contributed by atoms with Gasteiger partial charge in [0.15, 0.2) is 5.82 Å². The smallest absolute Gasteiger partial charge is 0.222 e. The average molecular weight is 430 g/mol. The van der Waals surface area contributed by atoms with Gasteiger partial charge in [-0.3, -0.25) is 9.59 Å². The number of aromatic nitrogens is 2. The highest BCUT2D eigenvalue weighted by atomic mass is 35.5. The summed E-state index contributed by atoms with van der Waals surface area (Å²) in [6, 6.07) is 9.28. The quantitative estimate of drug-likeness (QED) is 0.729. The van der Waals surface area contributed by atoms with Crippen molar-refractivity contribution in [1.29, 1.82) is 0 Å². The molecule has 0 saturated carbocycles. The molecule has 1 aromatic heterocycles. The molecule has 1 atom stereocenters. The Hall–Kier alpha value is -2.67. The number of anilines is 1. The van der Waals surface area contributed by atoms with E-state index >= 15 is 0 Å². The minimum atomic E-state index is -0.111. The van der Waals surface area contributed by atoms with Crippen molar-refractivity contribution in [2.24, 2.45) is 0 Å². The molecule has 30 heavy (non-hydrogen) atoms. The maximum atomic E-state index is 12.6. The number of halogens is 1. The summed E-state index contributed by atoms with van der Waals surface area (Å²) < 4.78 is 0. The van der Waals surface area contributed by atoms with E-state index in [-0.39, 0.29) is 17.9 Å². The van der Waals surface area contributed by atoms with Crippen LogP contribution in [-0.2, 0) is 22.6 Å². The summed E-state index contributed by atoms with van der Waals surface area (Å²) in [6.07, 6.45) is 2.86. The predicted octanol–water partition coefficient (Wildman–Crippen LogP) is 3.45. The van der Waals surface area contributed by atoms with Crippen molar-refractivity contribution in [3.8, 4) is 0 Å². The summed E-state index contributed by atoms with van der Waals surface area (Å²) in [6.45, 7) is 2.69. The first-order chi connectivity index (χ1) is 14.4. The molecule has 1 unspecified atom stereocenters. The highest BCUT2D eigenvalue weighted by Crippen LogP contribution is 2.30. The molecule has 0 aliphatic carbocycles. The molecule has 0 spiro atoms. The van der Waals surface area contributed by atoms with Gasteiger partial charge in [-0.05, 0) is 37.0 Å². The van der Waals surface area contributed by atoms with E-state index < -0.39 is 0 Å². The fourth-order valence-corrected chi connectivity index (χ4v) is 3.84. The number of nitrogens with zero attached hydrogens (tertiary/aromatic N) is 4. The van der Waals surface area contributed by atoms with Crippen LogP contribution >= 0.6 is 11.6 Å². The lowest BCUT2D eigenvalue weighted by atomic mass is 10.1. The molecule has 1 saturated heterocycles. The Labute approximate surface area is 182 Å². The molecule has 3 rings (SSSR count). The van der Waals surface area contributed by atoms with Crippen molar-refractivity contribution < 1.29 is 9.59 Å². The highest BCUT2D eigenvalue weighted by molar-refractivity contribution is 6.30. The van der Waals surface area contributed by atoms with E-state index in [1.54, 1.807) is 25.9 Å². The molecule has 1 N–H and O–H groups in total. The molecule has 1 aliphatic rings. The minimum Gasteiger partial charge on any atom is -0.373 e. The van der Waals surface area contributed by atoms with Gasteiger partial charge in [0, 0.05) is 45.1 Å². The Morgan fingerprint density at radius 3 is 2.67 bits per heavy atom. The minimum absolute atomic E-state index is 0.0343. The van der Waals surface area contributed by atoms with E-state index in [1.807, 2.05) is 35.2 Å². The van der Waals surface area contributed by atoms with Crippen LogP contribution in [0.1, 0.15) is 49.3 Å². The third kappa shape index (κ3) is 5.48. The molecular weight excluding hydrogens is 402 g/mol. The van der Waals surface area contributed by atoms with E-state index in [9.17, 15) is 9.59 Å². The number of benzene rings is 1. The van der Waals surface area contributed by atoms with Crippen LogP contribution in [0.25, 0.3) is 0 Å². The van der Waals surface area contributed by atoms with Crippen molar-refractivity contribution in [3.05, 3.63) is 52.4 Å². The number of hydrogen-bond donors (Lipinski definition) is 1. The fraction of sp³-hybridized carbons (Fsp3) is 0.455. The second-order valence-corrected chi connectivity index (χ2v) is 8.04. The van der Waals surface area contributed by atoms with E-state index in [1.165, 1.54) is 0 Å². The number of nitrogens with one attached hydrogen (secondary N) is 1. The fourth-order valence-electron chi connectivity index (χ4n) is 3.71. The second-order valence-electron chi connectivity index (χ2n) is 7.60. The van der Waals surface area contributed by atoms with E-state index in [0.717, 1.165) is 30.6 Å². The molecule has 2 aromatic rings. The van der Waals surface area contributed by atoms with E-state index in [0.29, 0.717) is 36.1 Å². The van der Waals surface area contributed by atoms with Crippen LogP contribution in [-0.4, -0.2) is 52.2 Å². The largest absolute Gasteiger partial charge is 0.373 e. The maximum absolute atomic E-state index is 12.6. The van der Waals surface area contributed by atoms with Gasteiger partial charge in [0.25, 0.3) is 0 Å². The standard InChI is InChI=1S/C22H28ClN5O2/c1-15(29)28-12-4-5-19(28)22-25-18(13-20(24-2)26-22)14-27(3)21(30)11-8-16-6-9-17(23)10-7-16/h6-7,9-10,13,19H,4-5,8,11-12,14H2,1-3H3,(H,24,25,26). The molecule has 1 aliphatic heterocycles. The first kappa shape index (κ1) is 22.0. The van der Waals surface area contributed by atoms with Crippen molar-refractivity contribution in [1.82, 2.24) is 19.8 Å². The zero-order chi connectivity index (χ0) is 21.7. The lowest BCUT2D eigenvalue weighted by molar-refractivity contribution is -0.130. The van der Waals surface area contributed by atoms with Gasteiger partial charge in [0.05, 0.1) is 18.3 Å². The number of aryl methyl sites for hydroxylation is 1. The summed E-state index contributed by atoms with van der Waals surface area (Å²) >= 11 is 5.91. The van der Waals surface area contributed by atoms with Crippen LogP contribution < -0.4 is 5.32 Å². The van der Waals surface area contributed by atoms with E-state index in [4.69, 9.17) is 16.6 Å². The summed E-state index contributed by atoms with van der Waals surface area (Å²) in [5.41, 5.74) is 1.83. The van der Waals surface area contributed by atoms with Crippen LogP contribution in [0.2, 0.25) is 5.02 Å². The Morgan fingerprint density at radius 1 is 1.27 bits per heavy atom. The third-order valence-electron chi connectivity index (χ3n) is 5.37. The second kappa shape index (κ2) is 9.89. The van der Waals surface area contributed by atoms with Gasteiger partial charge in [-0.2, -0.15) is 0 Å². The number of carbonyl (C=O) groups is 2. The molecule has 7 nitrogen and oxygen atoms in total. The molecule has 8 heteroatoms. The van der Waals surface area contributed by atoms with Gasteiger partial charge >= 0.3 is 0 Å². The van der Waals surface area contributed by atoms with Crippen LogP contribution in [0.3, 0.4) is 0 Å². The summed E-state index contributed by atoms with van der Waals surface area (Å²) in [4.78, 5) is 37.3. The lowest BCUT2D eigenvalue weighted by Crippen LogP contribution is -2.30. The summed E-state index contributed by atoms with van der Waals surface area (Å²) in [5, 5.41) is 3.75. The zero-order valence-corrected chi connectivity index (χ0v) is 18.4.